The highest BCUT2D eigenvalue weighted by Gasteiger charge is 2.18. The molecule has 1 amide bonds. The molecule has 122 valence electrons. The Morgan fingerprint density at radius 3 is 2.35 bits per heavy atom. The zero-order chi connectivity index (χ0) is 17.0. The van der Waals surface area contributed by atoms with Gasteiger partial charge >= 0.3 is 0 Å². The average molecular weight is 379 g/mol. The van der Waals surface area contributed by atoms with Crippen molar-refractivity contribution in [3.63, 3.8) is 0 Å². The number of hydrogen-bond acceptors (Lipinski definition) is 4. The van der Waals surface area contributed by atoms with Crippen molar-refractivity contribution in [1.82, 2.24) is 11.0 Å². The second kappa shape index (κ2) is 7.81. The van der Waals surface area contributed by atoms with Gasteiger partial charge in [0, 0.05) is 22.2 Å². The van der Waals surface area contributed by atoms with Crippen LogP contribution in [0.4, 0.5) is 4.39 Å². The number of nitrogens with one attached hydrogen (secondary N) is 2. The monoisotopic (exact) mass is 377 g/mol. The van der Waals surface area contributed by atoms with Crippen LogP contribution in [0.15, 0.2) is 36.4 Å². The van der Waals surface area contributed by atoms with E-state index in [0.717, 1.165) is 6.07 Å². The summed E-state index contributed by atoms with van der Waals surface area (Å²) in [6.45, 7) is 0. The van der Waals surface area contributed by atoms with Crippen LogP contribution >= 0.6 is 34.8 Å². The quantitative estimate of drug-likeness (QED) is 0.673. The van der Waals surface area contributed by atoms with Crippen LogP contribution in [0.1, 0.15) is 11.6 Å². The highest BCUT2D eigenvalue weighted by Crippen LogP contribution is 2.24. The van der Waals surface area contributed by atoms with Gasteiger partial charge in [0.25, 0.3) is 0 Å². The number of benzene rings is 2. The van der Waals surface area contributed by atoms with E-state index in [2.05, 4.69) is 11.0 Å². The number of nitrogens with two attached hydrogens (primary N) is 1. The Kier molecular flexibility index (Phi) is 6.04. The molecule has 0 radical (unpaired) electrons. The first-order valence-corrected chi connectivity index (χ1v) is 7.38. The number of amides is 1. The molecule has 2 rings (SSSR count). The third-order valence-corrected chi connectivity index (χ3v) is 3.50. The minimum atomic E-state index is -0.997. The van der Waals surface area contributed by atoms with Gasteiger partial charge in [-0.3, -0.25) is 4.79 Å². The van der Waals surface area contributed by atoms with Crippen LogP contribution in [0.5, 0.6) is 5.75 Å². The summed E-state index contributed by atoms with van der Waals surface area (Å²) in [5.41, 5.74) is 10.6. The summed E-state index contributed by atoms with van der Waals surface area (Å²) < 4.78 is 13.2. The normalized spacial score (nSPS) is 12.0. The Hall–Kier alpha value is -1.57. The van der Waals surface area contributed by atoms with E-state index in [4.69, 9.17) is 45.4 Å². The predicted molar refractivity (Wildman–Crippen MR) is 86.7 cm³/mol. The lowest BCUT2D eigenvalue weighted by molar-refractivity contribution is -0.121. The number of carbonyl (C=O) groups is 1. The summed E-state index contributed by atoms with van der Waals surface area (Å²) in [7, 11) is 0. The van der Waals surface area contributed by atoms with Gasteiger partial charge in [0.05, 0.1) is 5.02 Å². The molecule has 0 aromatic heterocycles. The Bertz CT molecular complexity index is 710. The van der Waals surface area contributed by atoms with Crippen LogP contribution in [0.25, 0.3) is 0 Å². The summed E-state index contributed by atoms with van der Waals surface area (Å²) in [4.78, 5) is 16.7. The number of halogens is 4. The zero-order valence-corrected chi connectivity index (χ0v) is 13.7. The maximum absolute atomic E-state index is 13.2. The number of carbonyl (C=O) groups excluding carboxylic acids is 1. The topological polar surface area (TPSA) is 76.4 Å². The summed E-state index contributed by atoms with van der Waals surface area (Å²) in [5, 5.41) is 0.634. The van der Waals surface area contributed by atoms with E-state index < -0.39 is 17.8 Å². The lowest BCUT2D eigenvalue weighted by atomic mass is 10.1. The van der Waals surface area contributed by atoms with Crippen molar-refractivity contribution in [3.05, 3.63) is 62.8 Å². The predicted octanol–water partition coefficient (Wildman–Crippen LogP) is 3.40. The maximum Gasteiger partial charge on any atom is 0.240 e. The molecular weight excluding hydrogens is 368 g/mol. The van der Waals surface area contributed by atoms with Gasteiger partial charge in [-0.2, -0.15) is 0 Å². The molecule has 0 bridgehead atoms. The fourth-order valence-electron chi connectivity index (χ4n) is 1.75. The molecular formula is C14H11Cl3FN3O2. The molecule has 1 unspecified atom stereocenters. The van der Waals surface area contributed by atoms with E-state index >= 15 is 0 Å². The third-order valence-electron chi connectivity index (χ3n) is 2.77. The van der Waals surface area contributed by atoms with Crippen LogP contribution in [0.2, 0.25) is 15.1 Å². The first-order chi connectivity index (χ1) is 10.9. The van der Waals surface area contributed by atoms with Crippen LogP contribution in [-0.2, 0) is 4.79 Å². The van der Waals surface area contributed by atoms with Crippen molar-refractivity contribution >= 4 is 40.7 Å². The minimum Gasteiger partial charge on any atom is -0.394 e. The van der Waals surface area contributed by atoms with Crippen molar-refractivity contribution in [2.24, 2.45) is 5.73 Å². The molecule has 9 heteroatoms. The number of hydrazine groups is 1. The van der Waals surface area contributed by atoms with E-state index in [0.29, 0.717) is 21.4 Å². The summed E-state index contributed by atoms with van der Waals surface area (Å²) >= 11 is 17.4. The molecule has 0 saturated carbocycles. The van der Waals surface area contributed by atoms with Crippen LogP contribution < -0.4 is 21.6 Å². The molecule has 2 aromatic carbocycles. The van der Waals surface area contributed by atoms with E-state index in [-0.39, 0.29) is 5.02 Å². The second-order valence-corrected chi connectivity index (χ2v) is 5.74. The van der Waals surface area contributed by atoms with Crippen LogP contribution in [0, 0.1) is 5.82 Å². The molecule has 0 spiro atoms. The SMILES string of the molecule is NC(=O)C(NNOc1cc(Cl)cc(Cl)c1)c1ccc(F)c(Cl)c1. The Balaban J connectivity index is 2.05. The van der Waals surface area contributed by atoms with Gasteiger partial charge in [0.15, 0.2) is 5.75 Å². The van der Waals surface area contributed by atoms with E-state index in [1.807, 2.05) is 0 Å². The molecule has 0 heterocycles. The van der Waals surface area contributed by atoms with Crippen molar-refractivity contribution in [1.29, 1.82) is 0 Å². The largest absolute Gasteiger partial charge is 0.394 e. The smallest absolute Gasteiger partial charge is 0.240 e. The first-order valence-electron chi connectivity index (χ1n) is 6.24. The fraction of sp³-hybridized carbons (Fsp3) is 0.0714. The van der Waals surface area contributed by atoms with Gasteiger partial charge in [-0.1, -0.05) is 46.5 Å². The average Bonchev–Trinajstić information content (AvgIpc) is 2.45. The van der Waals surface area contributed by atoms with Crippen molar-refractivity contribution in [2.75, 3.05) is 0 Å². The van der Waals surface area contributed by atoms with Gasteiger partial charge < -0.3 is 10.6 Å². The first kappa shape index (κ1) is 17.8. The fourth-order valence-corrected chi connectivity index (χ4v) is 2.44. The maximum atomic E-state index is 13.2. The molecule has 1 atom stereocenters. The van der Waals surface area contributed by atoms with E-state index in [9.17, 15) is 9.18 Å². The lowest BCUT2D eigenvalue weighted by Gasteiger charge is -2.17. The number of rotatable bonds is 6. The van der Waals surface area contributed by atoms with Crippen molar-refractivity contribution < 1.29 is 14.0 Å². The zero-order valence-electron chi connectivity index (χ0n) is 11.4. The molecule has 0 fully saturated rings. The molecule has 0 saturated heterocycles. The molecule has 0 aliphatic rings. The molecule has 0 aliphatic heterocycles. The van der Waals surface area contributed by atoms with Gasteiger partial charge in [-0.15, -0.1) is 0 Å². The lowest BCUT2D eigenvalue weighted by Crippen LogP contribution is -2.43. The van der Waals surface area contributed by atoms with Gasteiger partial charge in [-0.05, 0) is 23.8 Å². The third kappa shape index (κ3) is 4.95. The minimum absolute atomic E-state index is 0.127. The summed E-state index contributed by atoms with van der Waals surface area (Å²) in [6.07, 6.45) is 0. The standard InChI is InChI=1S/C14H11Cl3FN3O2/c15-8-4-9(16)6-10(5-8)23-21-20-13(14(19)22)7-1-2-12(18)11(17)3-7/h1-6,13,20-21H,(H2,19,22). The van der Waals surface area contributed by atoms with Gasteiger partial charge in [-0.25, -0.2) is 9.82 Å². The summed E-state index contributed by atoms with van der Waals surface area (Å²) in [6, 6.07) is 7.36. The molecule has 0 aliphatic carbocycles. The van der Waals surface area contributed by atoms with Crippen LogP contribution in [0.3, 0.4) is 0 Å². The van der Waals surface area contributed by atoms with Crippen LogP contribution in [-0.4, -0.2) is 5.91 Å². The van der Waals surface area contributed by atoms with Crippen molar-refractivity contribution in [2.45, 2.75) is 6.04 Å². The second-order valence-electron chi connectivity index (χ2n) is 4.46. The van der Waals surface area contributed by atoms with E-state index in [1.54, 1.807) is 0 Å². The van der Waals surface area contributed by atoms with Crippen molar-refractivity contribution in [3.8, 4) is 5.75 Å². The molecule has 4 N–H and O–H groups in total. The van der Waals surface area contributed by atoms with Gasteiger partial charge in [0.1, 0.15) is 11.9 Å². The van der Waals surface area contributed by atoms with E-state index in [1.165, 1.54) is 30.3 Å². The highest BCUT2D eigenvalue weighted by atomic mass is 35.5. The Morgan fingerprint density at radius 1 is 1.13 bits per heavy atom. The Labute approximate surface area is 146 Å². The highest BCUT2D eigenvalue weighted by molar-refractivity contribution is 6.34. The summed E-state index contributed by atoms with van der Waals surface area (Å²) in [5.74, 6) is -1.00. The molecule has 2 aromatic rings. The Morgan fingerprint density at radius 2 is 1.78 bits per heavy atom. The molecule has 23 heavy (non-hydrogen) atoms. The number of primary amides is 1. The molecule has 5 nitrogen and oxygen atoms in total. The van der Waals surface area contributed by atoms with Gasteiger partial charge in [0.2, 0.25) is 5.91 Å². The number of hydrogen-bond donors (Lipinski definition) is 3.